The van der Waals surface area contributed by atoms with Crippen LogP contribution < -0.4 is 10.1 Å². The molecule has 166 valence electrons. The number of hydrogen-bond donors (Lipinski definition) is 1. The van der Waals surface area contributed by atoms with Gasteiger partial charge in [-0.2, -0.15) is 0 Å². The lowest BCUT2D eigenvalue weighted by molar-refractivity contribution is 0.125. The number of halogens is 1. The van der Waals surface area contributed by atoms with E-state index in [1.54, 1.807) is 0 Å². The normalized spacial score (nSPS) is 16.8. The predicted molar refractivity (Wildman–Crippen MR) is 134 cm³/mol. The Kier molecular flexibility index (Phi) is 13.3. The first-order chi connectivity index (χ1) is 13.6. The smallest absolute Gasteiger partial charge is 0.193 e. The molecular formula is C22H40IN5O. The van der Waals surface area contributed by atoms with Gasteiger partial charge in [0.2, 0.25) is 0 Å². The molecule has 1 fully saturated rings. The molecule has 0 aromatic heterocycles. The number of rotatable bonds is 10. The fourth-order valence-electron chi connectivity index (χ4n) is 3.42. The van der Waals surface area contributed by atoms with Crippen molar-refractivity contribution in [1.29, 1.82) is 0 Å². The number of hydrogen-bond acceptors (Lipinski definition) is 4. The molecule has 1 saturated heterocycles. The number of nitrogens with zero attached hydrogens (tertiary/aromatic N) is 4. The Labute approximate surface area is 194 Å². The van der Waals surface area contributed by atoms with Gasteiger partial charge in [-0.1, -0.05) is 32.0 Å². The Hall–Kier alpha value is -1.06. The molecule has 1 aliphatic rings. The summed E-state index contributed by atoms with van der Waals surface area (Å²) in [5.74, 6) is 2.42. The van der Waals surface area contributed by atoms with Crippen LogP contribution in [0.2, 0.25) is 0 Å². The van der Waals surface area contributed by atoms with Crippen molar-refractivity contribution in [2.24, 2.45) is 10.9 Å². The third-order valence-electron chi connectivity index (χ3n) is 5.17. The van der Waals surface area contributed by atoms with E-state index in [1.807, 2.05) is 30.3 Å². The lowest BCUT2D eigenvalue weighted by atomic mass is 10.1. The third-order valence-corrected chi connectivity index (χ3v) is 5.17. The monoisotopic (exact) mass is 517 g/mol. The Morgan fingerprint density at radius 1 is 1.14 bits per heavy atom. The van der Waals surface area contributed by atoms with Crippen LogP contribution in [0, 0.1) is 5.92 Å². The maximum absolute atomic E-state index is 5.81. The number of para-hydroxylation sites is 1. The molecule has 1 aliphatic heterocycles. The second-order valence-electron chi connectivity index (χ2n) is 7.62. The fraction of sp³-hybridized carbons (Fsp3) is 0.682. The summed E-state index contributed by atoms with van der Waals surface area (Å²) in [7, 11) is 2.07. The van der Waals surface area contributed by atoms with Crippen LogP contribution in [0.1, 0.15) is 20.8 Å². The highest BCUT2D eigenvalue weighted by atomic mass is 127. The van der Waals surface area contributed by atoms with Crippen LogP contribution in [-0.2, 0) is 0 Å². The highest BCUT2D eigenvalue weighted by Gasteiger charge is 2.17. The van der Waals surface area contributed by atoms with Crippen LogP contribution in [-0.4, -0.2) is 93.2 Å². The highest BCUT2D eigenvalue weighted by Crippen LogP contribution is 2.08. The average Bonchev–Trinajstić information content (AvgIpc) is 2.72. The Balaban J connectivity index is 0.00000420. The topological polar surface area (TPSA) is 43.3 Å². The number of nitrogens with one attached hydrogen (secondary N) is 1. The van der Waals surface area contributed by atoms with Gasteiger partial charge in [0.05, 0.1) is 6.54 Å². The number of aliphatic imine (C=N–C) groups is 1. The Morgan fingerprint density at radius 3 is 2.41 bits per heavy atom. The van der Waals surface area contributed by atoms with Crippen molar-refractivity contribution in [3.05, 3.63) is 30.3 Å². The standard InChI is InChI=1S/C22H39N5O.HI/c1-5-23-22(25(4)16-17-28-21-10-8-7-9-11-21)24-18-20(3)19-27-14-12-26(6-2)13-15-27;/h7-11,20H,5-6,12-19H2,1-4H3,(H,23,24);1H. The Bertz CT molecular complexity index is 564. The molecule has 1 aromatic rings. The second kappa shape index (κ2) is 14.8. The van der Waals surface area contributed by atoms with E-state index in [1.165, 1.54) is 32.7 Å². The molecule has 1 aromatic carbocycles. The molecule has 6 nitrogen and oxygen atoms in total. The lowest BCUT2D eigenvalue weighted by Crippen LogP contribution is -2.47. The first kappa shape index (κ1) is 26.0. The van der Waals surface area contributed by atoms with Crippen molar-refractivity contribution in [1.82, 2.24) is 20.0 Å². The molecule has 0 bridgehead atoms. The molecule has 0 amide bonds. The van der Waals surface area contributed by atoms with Crippen molar-refractivity contribution in [2.45, 2.75) is 20.8 Å². The van der Waals surface area contributed by atoms with Gasteiger partial charge in [0.15, 0.2) is 5.96 Å². The molecule has 1 N–H and O–H groups in total. The van der Waals surface area contributed by atoms with E-state index >= 15 is 0 Å². The van der Waals surface area contributed by atoms with Gasteiger partial charge in [-0.05, 0) is 31.5 Å². The SMILES string of the molecule is CCNC(=NCC(C)CN1CCN(CC)CC1)N(C)CCOc1ccccc1.I. The van der Waals surface area contributed by atoms with E-state index < -0.39 is 0 Å². The van der Waals surface area contributed by atoms with Crippen LogP contribution in [0.4, 0.5) is 0 Å². The zero-order chi connectivity index (χ0) is 20.2. The zero-order valence-electron chi connectivity index (χ0n) is 18.6. The maximum atomic E-state index is 5.81. The van der Waals surface area contributed by atoms with Gasteiger partial charge in [-0.3, -0.25) is 4.99 Å². The van der Waals surface area contributed by atoms with Crippen molar-refractivity contribution in [2.75, 3.05) is 72.6 Å². The molecule has 29 heavy (non-hydrogen) atoms. The summed E-state index contributed by atoms with van der Waals surface area (Å²) in [5.41, 5.74) is 0. The van der Waals surface area contributed by atoms with E-state index in [0.717, 1.165) is 37.9 Å². The van der Waals surface area contributed by atoms with Crippen molar-refractivity contribution in [3.8, 4) is 5.75 Å². The van der Waals surface area contributed by atoms with Gasteiger partial charge in [-0.15, -0.1) is 24.0 Å². The molecule has 7 heteroatoms. The number of guanidine groups is 1. The molecule has 0 aliphatic carbocycles. The molecule has 1 atom stereocenters. The Morgan fingerprint density at radius 2 is 1.79 bits per heavy atom. The second-order valence-corrected chi connectivity index (χ2v) is 7.62. The summed E-state index contributed by atoms with van der Waals surface area (Å²) in [6.45, 7) is 16.9. The first-order valence-electron chi connectivity index (χ1n) is 10.7. The van der Waals surface area contributed by atoms with Crippen LogP contribution in [0.15, 0.2) is 35.3 Å². The van der Waals surface area contributed by atoms with Gasteiger partial charge in [0.1, 0.15) is 12.4 Å². The summed E-state index contributed by atoms with van der Waals surface area (Å²) >= 11 is 0. The van der Waals surface area contributed by atoms with Crippen LogP contribution >= 0.6 is 24.0 Å². The van der Waals surface area contributed by atoms with E-state index in [-0.39, 0.29) is 24.0 Å². The first-order valence-corrected chi connectivity index (χ1v) is 10.7. The molecule has 1 unspecified atom stereocenters. The van der Waals surface area contributed by atoms with Gasteiger partial charge in [0, 0.05) is 52.9 Å². The summed E-state index contributed by atoms with van der Waals surface area (Å²) < 4.78 is 5.81. The van der Waals surface area contributed by atoms with Crippen LogP contribution in [0.25, 0.3) is 0 Å². The lowest BCUT2D eigenvalue weighted by Gasteiger charge is -2.35. The molecular weight excluding hydrogens is 477 g/mol. The van der Waals surface area contributed by atoms with Crippen molar-refractivity contribution >= 4 is 29.9 Å². The van der Waals surface area contributed by atoms with E-state index in [2.05, 4.69) is 47.8 Å². The van der Waals surface area contributed by atoms with E-state index in [9.17, 15) is 0 Å². The molecule has 0 spiro atoms. The van der Waals surface area contributed by atoms with E-state index in [0.29, 0.717) is 12.5 Å². The van der Waals surface area contributed by atoms with Gasteiger partial charge in [-0.25, -0.2) is 0 Å². The largest absolute Gasteiger partial charge is 0.492 e. The minimum atomic E-state index is 0. The summed E-state index contributed by atoms with van der Waals surface area (Å²) in [6.07, 6.45) is 0. The maximum Gasteiger partial charge on any atom is 0.193 e. The van der Waals surface area contributed by atoms with Crippen molar-refractivity contribution in [3.63, 3.8) is 0 Å². The van der Waals surface area contributed by atoms with Crippen LogP contribution in [0.5, 0.6) is 5.75 Å². The number of benzene rings is 1. The quantitative estimate of drug-likeness (QED) is 0.294. The third kappa shape index (κ3) is 10.00. The van der Waals surface area contributed by atoms with Gasteiger partial charge < -0.3 is 24.8 Å². The molecule has 0 radical (unpaired) electrons. The number of likely N-dealkylation sites (N-methyl/N-ethyl adjacent to an activating group) is 2. The minimum Gasteiger partial charge on any atom is -0.492 e. The summed E-state index contributed by atoms with van der Waals surface area (Å²) in [5, 5.41) is 3.40. The molecule has 1 heterocycles. The minimum absolute atomic E-state index is 0. The fourth-order valence-corrected chi connectivity index (χ4v) is 3.42. The number of ether oxygens (including phenoxy) is 1. The van der Waals surface area contributed by atoms with E-state index in [4.69, 9.17) is 9.73 Å². The van der Waals surface area contributed by atoms with Gasteiger partial charge in [0.25, 0.3) is 0 Å². The molecule has 0 saturated carbocycles. The average molecular weight is 518 g/mol. The zero-order valence-corrected chi connectivity index (χ0v) is 21.0. The van der Waals surface area contributed by atoms with Crippen molar-refractivity contribution < 1.29 is 4.74 Å². The summed E-state index contributed by atoms with van der Waals surface area (Å²) in [6, 6.07) is 9.96. The summed E-state index contributed by atoms with van der Waals surface area (Å²) in [4.78, 5) is 12.1. The van der Waals surface area contributed by atoms with Gasteiger partial charge >= 0.3 is 0 Å². The highest BCUT2D eigenvalue weighted by molar-refractivity contribution is 14.0. The van der Waals surface area contributed by atoms with Crippen LogP contribution in [0.3, 0.4) is 0 Å². The number of piperazine rings is 1. The predicted octanol–water partition coefficient (Wildman–Crippen LogP) is 2.85. The molecule has 2 rings (SSSR count).